The van der Waals surface area contributed by atoms with Crippen LogP contribution in [-0.4, -0.2) is 16.9 Å². The molecule has 6 heteroatoms. The molecule has 2 atom stereocenters. The number of nitro benzene ring substituents is 1. The largest absolute Gasteiger partial charge is 0.347 e. The van der Waals surface area contributed by atoms with E-state index in [4.69, 9.17) is 5.73 Å². The van der Waals surface area contributed by atoms with Crippen molar-refractivity contribution in [2.24, 2.45) is 11.7 Å². The van der Waals surface area contributed by atoms with Crippen molar-refractivity contribution in [1.82, 2.24) is 5.32 Å². The highest BCUT2D eigenvalue weighted by Crippen LogP contribution is 2.27. The Bertz CT molecular complexity index is 554. The maximum Gasteiger partial charge on any atom is 0.269 e. The summed E-state index contributed by atoms with van der Waals surface area (Å²) in [5.74, 6) is -0.0282. The van der Waals surface area contributed by atoms with Crippen LogP contribution in [0.1, 0.15) is 45.1 Å². The summed E-state index contributed by atoms with van der Waals surface area (Å²) in [6.07, 6.45) is 3.56. The molecule has 1 amide bonds. The minimum absolute atomic E-state index is 0.0125. The van der Waals surface area contributed by atoms with E-state index >= 15 is 0 Å². The zero-order chi connectivity index (χ0) is 16.3. The van der Waals surface area contributed by atoms with Crippen LogP contribution in [0.25, 0.3) is 0 Å². The van der Waals surface area contributed by atoms with Gasteiger partial charge in [0.15, 0.2) is 0 Å². The first-order valence-electron chi connectivity index (χ1n) is 7.62. The standard InChI is InChI=1S/C16H23N3O3/c1-16(2,12-6-8-14(9-7-12)19(21)22)18-15(20)11-4-3-5-13(17)10-11/h6-9,11,13H,3-5,10,17H2,1-2H3,(H,18,20). The summed E-state index contributed by atoms with van der Waals surface area (Å²) < 4.78 is 0. The van der Waals surface area contributed by atoms with Gasteiger partial charge in [0.2, 0.25) is 5.91 Å². The first-order chi connectivity index (χ1) is 10.3. The Morgan fingerprint density at radius 1 is 1.32 bits per heavy atom. The third kappa shape index (κ3) is 3.82. The summed E-state index contributed by atoms with van der Waals surface area (Å²) >= 11 is 0. The maximum absolute atomic E-state index is 12.4. The minimum atomic E-state index is -0.576. The molecule has 1 aromatic carbocycles. The van der Waals surface area contributed by atoms with Crippen molar-refractivity contribution in [3.05, 3.63) is 39.9 Å². The van der Waals surface area contributed by atoms with E-state index in [0.717, 1.165) is 31.2 Å². The predicted molar refractivity (Wildman–Crippen MR) is 84.2 cm³/mol. The lowest BCUT2D eigenvalue weighted by molar-refractivity contribution is -0.384. The first kappa shape index (κ1) is 16.4. The average Bonchev–Trinajstić information content (AvgIpc) is 2.47. The number of nitrogens with zero attached hydrogens (tertiary/aromatic N) is 1. The molecular weight excluding hydrogens is 282 g/mol. The minimum Gasteiger partial charge on any atom is -0.347 e. The Hall–Kier alpha value is -1.95. The maximum atomic E-state index is 12.4. The molecule has 0 aliphatic heterocycles. The monoisotopic (exact) mass is 305 g/mol. The van der Waals surface area contributed by atoms with Gasteiger partial charge in [-0.15, -0.1) is 0 Å². The fraction of sp³-hybridized carbons (Fsp3) is 0.562. The lowest BCUT2D eigenvalue weighted by Crippen LogP contribution is -2.46. The first-order valence-corrected chi connectivity index (χ1v) is 7.62. The molecule has 0 spiro atoms. The predicted octanol–water partition coefficient (Wildman–Crippen LogP) is 2.46. The van der Waals surface area contributed by atoms with Crippen LogP contribution in [0.15, 0.2) is 24.3 Å². The van der Waals surface area contributed by atoms with E-state index in [1.54, 1.807) is 12.1 Å². The molecule has 0 heterocycles. The SMILES string of the molecule is CC(C)(NC(=O)C1CCCC(N)C1)c1ccc([N+](=O)[O-])cc1. The molecule has 22 heavy (non-hydrogen) atoms. The van der Waals surface area contributed by atoms with Crippen molar-refractivity contribution >= 4 is 11.6 Å². The van der Waals surface area contributed by atoms with Gasteiger partial charge in [0, 0.05) is 24.1 Å². The number of rotatable bonds is 4. The number of hydrogen-bond acceptors (Lipinski definition) is 4. The second-order valence-corrected chi connectivity index (χ2v) is 6.54. The van der Waals surface area contributed by atoms with E-state index in [9.17, 15) is 14.9 Å². The van der Waals surface area contributed by atoms with Crippen LogP contribution in [-0.2, 0) is 10.3 Å². The van der Waals surface area contributed by atoms with Crippen LogP contribution in [0.4, 0.5) is 5.69 Å². The van der Waals surface area contributed by atoms with Crippen LogP contribution >= 0.6 is 0 Å². The van der Waals surface area contributed by atoms with Gasteiger partial charge < -0.3 is 11.1 Å². The second-order valence-electron chi connectivity index (χ2n) is 6.54. The van der Waals surface area contributed by atoms with Gasteiger partial charge in [-0.3, -0.25) is 14.9 Å². The summed E-state index contributed by atoms with van der Waals surface area (Å²) in [6.45, 7) is 3.80. The van der Waals surface area contributed by atoms with Crippen LogP contribution in [0.3, 0.4) is 0 Å². The highest BCUT2D eigenvalue weighted by Gasteiger charge is 2.30. The quantitative estimate of drug-likeness (QED) is 0.659. The molecule has 1 aliphatic rings. The Labute approximate surface area is 130 Å². The van der Waals surface area contributed by atoms with Crippen molar-refractivity contribution in [2.45, 2.75) is 51.1 Å². The lowest BCUT2D eigenvalue weighted by Gasteiger charge is -2.32. The van der Waals surface area contributed by atoms with Gasteiger partial charge in [0.25, 0.3) is 5.69 Å². The Balaban J connectivity index is 2.06. The van der Waals surface area contributed by atoms with E-state index in [0.29, 0.717) is 0 Å². The van der Waals surface area contributed by atoms with Crippen molar-refractivity contribution in [1.29, 1.82) is 0 Å². The zero-order valence-electron chi connectivity index (χ0n) is 13.0. The summed E-state index contributed by atoms with van der Waals surface area (Å²) in [7, 11) is 0. The summed E-state index contributed by atoms with van der Waals surface area (Å²) in [5.41, 5.74) is 6.25. The fourth-order valence-corrected chi connectivity index (χ4v) is 2.95. The molecule has 1 aliphatic carbocycles. The molecule has 2 unspecified atom stereocenters. The third-order valence-electron chi connectivity index (χ3n) is 4.32. The van der Waals surface area contributed by atoms with E-state index < -0.39 is 10.5 Å². The Morgan fingerprint density at radius 3 is 2.50 bits per heavy atom. The van der Waals surface area contributed by atoms with Gasteiger partial charge in [-0.1, -0.05) is 6.42 Å². The van der Waals surface area contributed by atoms with Crippen LogP contribution in [0, 0.1) is 16.0 Å². The van der Waals surface area contributed by atoms with Crippen molar-refractivity contribution < 1.29 is 9.72 Å². The van der Waals surface area contributed by atoms with Crippen molar-refractivity contribution in [3.8, 4) is 0 Å². The normalized spacial score (nSPS) is 22.1. The molecular formula is C16H23N3O3. The number of non-ortho nitro benzene ring substituents is 1. The smallest absolute Gasteiger partial charge is 0.269 e. The van der Waals surface area contributed by atoms with E-state index in [1.807, 2.05) is 13.8 Å². The van der Waals surface area contributed by atoms with Gasteiger partial charge in [-0.05, 0) is 50.8 Å². The molecule has 1 fully saturated rings. The van der Waals surface area contributed by atoms with Crippen LogP contribution in [0.2, 0.25) is 0 Å². The van der Waals surface area contributed by atoms with Crippen LogP contribution < -0.4 is 11.1 Å². The number of nitrogens with one attached hydrogen (secondary N) is 1. The van der Waals surface area contributed by atoms with Gasteiger partial charge in [-0.25, -0.2) is 0 Å². The number of carbonyl (C=O) groups excluding carboxylic acids is 1. The third-order valence-corrected chi connectivity index (χ3v) is 4.32. The molecule has 1 saturated carbocycles. The van der Waals surface area contributed by atoms with Crippen LogP contribution in [0.5, 0.6) is 0 Å². The number of hydrogen-bond donors (Lipinski definition) is 2. The molecule has 6 nitrogen and oxygen atoms in total. The Morgan fingerprint density at radius 2 is 1.95 bits per heavy atom. The average molecular weight is 305 g/mol. The number of carbonyl (C=O) groups is 1. The highest BCUT2D eigenvalue weighted by molar-refractivity contribution is 5.79. The zero-order valence-corrected chi connectivity index (χ0v) is 13.0. The molecule has 120 valence electrons. The van der Waals surface area contributed by atoms with E-state index in [-0.39, 0.29) is 23.6 Å². The summed E-state index contributed by atoms with van der Waals surface area (Å²) in [5, 5.41) is 13.7. The van der Waals surface area contributed by atoms with Gasteiger partial charge in [0.05, 0.1) is 10.5 Å². The fourth-order valence-electron chi connectivity index (χ4n) is 2.95. The summed E-state index contributed by atoms with van der Waals surface area (Å²) in [4.78, 5) is 22.7. The topological polar surface area (TPSA) is 98.3 Å². The molecule has 0 radical (unpaired) electrons. The Kier molecular flexibility index (Phi) is 4.81. The molecule has 0 bridgehead atoms. The molecule has 0 aromatic heterocycles. The van der Waals surface area contributed by atoms with E-state index in [1.165, 1.54) is 12.1 Å². The lowest BCUT2D eigenvalue weighted by atomic mass is 9.84. The number of benzene rings is 1. The number of amides is 1. The molecule has 1 aromatic rings. The molecule has 3 N–H and O–H groups in total. The van der Waals surface area contributed by atoms with Gasteiger partial charge in [-0.2, -0.15) is 0 Å². The van der Waals surface area contributed by atoms with E-state index in [2.05, 4.69) is 5.32 Å². The van der Waals surface area contributed by atoms with Gasteiger partial charge >= 0.3 is 0 Å². The second kappa shape index (κ2) is 6.44. The van der Waals surface area contributed by atoms with Crippen molar-refractivity contribution in [3.63, 3.8) is 0 Å². The highest BCUT2D eigenvalue weighted by atomic mass is 16.6. The van der Waals surface area contributed by atoms with Crippen molar-refractivity contribution in [2.75, 3.05) is 0 Å². The number of nitrogens with two attached hydrogens (primary N) is 1. The summed E-state index contributed by atoms with van der Waals surface area (Å²) in [6, 6.07) is 6.39. The molecule has 0 saturated heterocycles. The molecule has 2 rings (SSSR count). The van der Waals surface area contributed by atoms with Gasteiger partial charge in [0.1, 0.15) is 0 Å². The number of nitro groups is 1.